The van der Waals surface area contributed by atoms with Gasteiger partial charge in [-0.3, -0.25) is 4.79 Å². The molecule has 10 heteroatoms. The number of nitrogens with zero attached hydrogens (tertiary/aromatic N) is 4. The Morgan fingerprint density at radius 3 is 2.36 bits per heavy atom. The Kier molecular flexibility index (Phi) is 8.42. The van der Waals surface area contributed by atoms with E-state index in [2.05, 4.69) is 42.6 Å². The van der Waals surface area contributed by atoms with Gasteiger partial charge in [0.15, 0.2) is 0 Å². The minimum Gasteiger partial charge on any atom is -0.443 e. The third kappa shape index (κ3) is 6.81. The molecule has 9 nitrogen and oxygen atoms in total. The maximum atomic E-state index is 14.1. The number of aromatic nitrogens is 2. The fourth-order valence-corrected chi connectivity index (χ4v) is 6.43. The molecule has 1 unspecified atom stereocenters. The van der Waals surface area contributed by atoms with Crippen molar-refractivity contribution in [2.45, 2.75) is 77.4 Å². The third-order valence-electron chi connectivity index (χ3n) is 7.63. The van der Waals surface area contributed by atoms with Crippen LogP contribution in [-0.4, -0.2) is 63.8 Å². The molecule has 2 heterocycles. The number of hydrogen-bond donors (Lipinski definition) is 2. The molecular formula is C29H40ClN5O4. The summed E-state index contributed by atoms with van der Waals surface area (Å²) in [4.78, 5) is 38.9. The van der Waals surface area contributed by atoms with Gasteiger partial charge in [0.25, 0.3) is 0 Å². The molecule has 2 aliphatic rings. The van der Waals surface area contributed by atoms with Crippen LogP contribution in [-0.2, 0) is 9.53 Å². The van der Waals surface area contributed by atoms with Gasteiger partial charge in [0.1, 0.15) is 17.7 Å². The van der Waals surface area contributed by atoms with Crippen molar-refractivity contribution in [1.29, 1.82) is 0 Å². The molecule has 1 aromatic heterocycles. The highest BCUT2D eigenvalue weighted by Gasteiger charge is 2.41. The summed E-state index contributed by atoms with van der Waals surface area (Å²) in [6, 6.07) is 7.27. The Morgan fingerprint density at radius 2 is 1.77 bits per heavy atom. The molecule has 2 aromatic rings. The van der Waals surface area contributed by atoms with E-state index in [4.69, 9.17) is 22.1 Å². The van der Waals surface area contributed by atoms with Crippen molar-refractivity contribution < 1.29 is 19.4 Å². The largest absolute Gasteiger partial charge is 0.443 e. The first-order chi connectivity index (χ1) is 18.3. The number of carbonyl (C=O) groups is 2. The lowest BCUT2D eigenvalue weighted by Crippen LogP contribution is -2.51. The van der Waals surface area contributed by atoms with Gasteiger partial charge in [-0.15, -0.1) is 0 Å². The summed E-state index contributed by atoms with van der Waals surface area (Å²) in [7, 11) is 0. The monoisotopic (exact) mass is 557 g/mol. The summed E-state index contributed by atoms with van der Waals surface area (Å²) >= 11 is 6.15. The van der Waals surface area contributed by atoms with Gasteiger partial charge in [-0.1, -0.05) is 51.4 Å². The number of benzene rings is 1. The first-order valence-electron chi connectivity index (χ1n) is 13.6. The van der Waals surface area contributed by atoms with E-state index in [1.807, 2.05) is 24.0 Å². The Hall–Kier alpha value is -2.91. The van der Waals surface area contributed by atoms with Gasteiger partial charge in [0.2, 0.25) is 5.91 Å². The molecule has 1 fully saturated rings. The number of aliphatic hydroxyl groups is 1. The molecule has 2 amide bonds. The predicted octanol–water partition coefficient (Wildman–Crippen LogP) is 4.78. The average Bonchev–Trinajstić information content (AvgIpc) is 3.14. The molecule has 4 rings (SSSR count). The average molecular weight is 558 g/mol. The van der Waals surface area contributed by atoms with Crippen LogP contribution in [0.2, 0.25) is 5.02 Å². The minimum absolute atomic E-state index is 0.0260. The molecule has 0 bridgehead atoms. The molecule has 39 heavy (non-hydrogen) atoms. The van der Waals surface area contributed by atoms with Gasteiger partial charge in [-0.2, -0.15) is 0 Å². The second-order valence-electron chi connectivity index (χ2n) is 12.4. The van der Waals surface area contributed by atoms with Crippen molar-refractivity contribution in [3.05, 3.63) is 52.4 Å². The number of rotatable bonds is 7. The van der Waals surface area contributed by atoms with Gasteiger partial charge < -0.3 is 25.4 Å². The number of halogens is 1. The van der Waals surface area contributed by atoms with Gasteiger partial charge >= 0.3 is 6.09 Å². The number of aliphatic hydroxyl groups excluding tert-OH is 1. The normalized spacial score (nSPS) is 21.7. The van der Waals surface area contributed by atoms with E-state index in [-0.39, 0.29) is 17.2 Å². The number of anilines is 1. The zero-order valence-electron chi connectivity index (χ0n) is 23.5. The van der Waals surface area contributed by atoms with E-state index in [9.17, 15) is 14.7 Å². The molecule has 1 saturated heterocycles. The van der Waals surface area contributed by atoms with E-state index < -0.39 is 23.7 Å². The maximum Gasteiger partial charge on any atom is 0.405 e. The smallest absolute Gasteiger partial charge is 0.405 e. The van der Waals surface area contributed by atoms with Gasteiger partial charge in [0, 0.05) is 43.2 Å². The number of amides is 2. The molecule has 0 saturated carbocycles. The van der Waals surface area contributed by atoms with Gasteiger partial charge in [-0.25, -0.2) is 14.8 Å². The summed E-state index contributed by atoms with van der Waals surface area (Å²) < 4.78 is 5.66. The molecule has 1 aliphatic heterocycles. The van der Waals surface area contributed by atoms with Crippen LogP contribution in [0.3, 0.4) is 0 Å². The predicted molar refractivity (Wildman–Crippen MR) is 151 cm³/mol. The zero-order valence-corrected chi connectivity index (χ0v) is 24.2. The summed E-state index contributed by atoms with van der Waals surface area (Å²) in [6.07, 6.45) is 1.57. The Bertz CT molecular complexity index is 1190. The van der Waals surface area contributed by atoms with Crippen molar-refractivity contribution in [2.24, 2.45) is 11.1 Å². The second-order valence-corrected chi connectivity index (χ2v) is 12.8. The van der Waals surface area contributed by atoms with E-state index >= 15 is 0 Å². The highest BCUT2D eigenvalue weighted by atomic mass is 35.5. The number of hydrogen-bond acceptors (Lipinski definition) is 7. The lowest BCUT2D eigenvalue weighted by atomic mass is 9.76. The third-order valence-corrected chi connectivity index (χ3v) is 7.88. The number of piperazine rings is 1. The summed E-state index contributed by atoms with van der Waals surface area (Å²) in [5.74, 6) is 0.449. The van der Waals surface area contributed by atoms with Crippen molar-refractivity contribution in [3.8, 4) is 0 Å². The molecule has 3 N–H and O–H groups in total. The number of fused-ring (bicyclic) bond motifs is 1. The van der Waals surface area contributed by atoms with Gasteiger partial charge in [0.05, 0.1) is 17.7 Å². The lowest BCUT2D eigenvalue weighted by molar-refractivity contribution is -0.135. The number of nitrogens with two attached hydrogens (primary N) is 1. The van der Waals surface area contributed by atoms with Crippen LogP contribution in [0.25, 0.3) is 0 Å². The topological polar surface area (TPSA) is 122 Å². The summed E-state index contributed by atoms with van der Waals surface area (Å²) in [5, 5.41) is 11.0. The van der Waals surface area contributed by atoms with E-state index in [0.29, 0.717) is 56.2 Å². The second kappa shape index (κ2) is 11.3. The Balaban J connectivity index is 1.56. The highest BCUT2D eigenvalue weighted by molar-refractivity contribution is 6.30. The number of ether oxygens (including phenoxy) is 1. The van der Waals surface area contributed by atoms with Crippen LogP contribution in [0.1, 0.15) is 88.6 Å². The van der Waals surface area contributed by atoms with E-state index in [1.165, 1.54) is 6.33 Å². The van der Waals surface area contributed by atoms with E-state index in [1.54, 1.807) is 12.1 Å². The quantitative estimate of drug-likeness (QED) is 0.502. The maximum absolute atomic E-state index is 14.1. The Morgan fingerprint density at radius 1 is 1.13 bits per heavy atom. The molecule has 212 valence electrons. The van der Waals surface area contributed by atoms with Crippen molar-refractivity contribution in [1.82, 2.24) is 14.9 Å². The summed E-state index contributed by atoms with van der Waals surface area (Å²) in [5.41, 5.74) is 6.90. The summed E-state index contributed by atoms with van der Waals surface area (Å²) in [6.45, 7) is 12.4. The first kappa shape index (κ1) is 29.1. The molecule has 1 aliphatic carbocycles. The number of primary amides is 1. The van der Waals surface area contributed by atoms with Crippen molar-refractivity contribution in [2.75, 3.05) is 31.1 Å². The van der Waals surface area contributed by atoms with Crippen LogP contribution < -0.4 is 10.6 Å². The molecule has 1 aromatic carbocycles. The van der Waals surface area contributed by atoms with Crippen LogP contribution in [0.5, 0.6) is 0 Å². The molecule has 0 radical (unpaired) electrons. The van der Waals surface area contributed by atoms with Crippen LogP contribution in [0, 0.1) is 5.41 Å². The molecule has 4 atom stereocenters. The van der Waals surface area contributed by atoms with Crippen LogP contribution >= 0.6 is 11.6 Å². The fourth-order valence-electron chi connectivity index (χ4n) is 6.30. The molecular weight excluding hydrogens is 518 g/mol. The zero-order chi connectivity index (χ0) is 28.5. The lowest BCUT2D eigenvalue weighted by Gasteiger charge is -2.40. The van der Waals surface area contributed by atoms with Crippen molar-refractivity contribution >= 4 is 29.4 Å². The fraction of sp³-hybridized carbons (Fsp3) is 0.586. The molecule has 0 spiro atoms. The standard InChI is InChI=1S/C29H40ClN5O4/c1-18-14-22(36)24-23(18)25(33-17-32-24)34-10-12-35(13-11-34)26(37)21(19-6-8-20(30)9-7-19)15-29(5,39-27(31)38)16-28(2,3)4/h6-9,17-18,21-22,36H,10-16H2,1-5H3,(H2,31,38)/t18-,21?,22-,29+/m1/s1. The minimum atomic E-state index is -0.940. The highest BCUT2D eigenvalue weighted by Crippen LogP contribution is 2.43. The first-order valence-corrected chi connectivity index (χ1v) is 13.9. The van der Waals surface area contributed by atoms with Crippen LogP contribution in [0.4, 0.5) is 10.6 Å². The van der Waals surface area contributed by atoms with Crippen molar-refractivity contribution in [3.63, 3.8) is 0 Å². The van der Waals surface area contributed by atoms with E-state index in [0.717, 1.165) is 16.9 Å². The Labute approximate surface area is 235 Å². The van der Waals surface area contributed by atoms with Crippen LogP contribution in [0.15, 0.2) is 30.6 Å². The SMILES string of the molecule is C[C@@H]1C[C@@H](O)c2ncnc(N3CCN(C(=O)C(C[C@@](C)(CC(C)(C)C)OC(N)=O)c4ccc(Cl)cc4)CC3)c21. The number of carbonyl (C=O) groups excluding carboxylic acids is 2. The van der Waals surface area contributed by atoms with Gasteiger partial charge in [-0.05, 0) is 48.8 Å².